The molecule has 5 nitrogen and oxygen atoms in total. The van der Waals surface area contributed by atoms with Crippen molar-refractivity contribution >= 4 is 34.8 Å². The van der Waals surface area contributed by atoms with Gasteiger partial charge < -0.3 is 9.47 Å². The number of methoxy groups -OCH3 is 1. The maximum atomic E-state index is 13.3. The molecule has 0 aromatic heterocycles. The maximum absolute atomic E-state index is 13.3. The number of imide groups is 1. The van der Waals surface area contributed by atoms with Crippen molar-refractivity contribution in [1.82, 2.24) is 0 Å². The molecule has 0 atom stereocenters. The van der Waals surface area contributed by atoms with Crippen LogP contribution in [-0.2, 0) is 9.59 Å². The van der Waals surface area contributed by atoms with E-state index >= 15 is 0 Å². The van der Waals surface area contributed by atoms with Crippen molar-refractivity contribution < 1.29 is 19.1 Å². The van der Waals surface area contributed by atoms with Gasteiger partial charge in [0, 0.05) is 0 Å². The van der Waals surface area contributed by atoms with Crippen LogP contribution in [-0.4, -0.2) is 30.8 Å². The molecule has 146 valence electrons. The van der Waals surface area contributed by atoms with E-state index in [9.17, 15) is 9.59 Å². The molecule has 6 heteroatoms. The molecule has 0 aliphatic carbocycles. The highest BCUT2D eigenvalue weighted by Crippen LogP contribution is 2.41. The Kier molecular flexibility index (Phi) is 6.09. The maximum Gasteiger partial charge on any atom is 0.272 e. The Labute approximate surface area is 169 Å². The van der Waals surface area contributed by atoms with Crippen molar-refractivity contribution in [1.29, 1.82) is 0 Å². The fourth-order valence-corrected chi connectivity index (χ4v) is 3.90. The molecule has 0 bridgehead atoms. The first-order valence-corrected chi connectivity index (χ1v) is 10.1. The van der Waals surface area contributed by atoms with Gasteiger partial charge in [0.15, 0.2) is 0 Å². The van der Waals surface area contributed by atoms with Crippen LogP contribution in [0.25, 0.3) is 5.57 Å². The topological polar surface area (TPSA) is 55.8 Å². The van der Waals surface area contributed by atoms with E-state index in [-0.39, 0.29) is 17.9 Å². The highest BCUT2D eigenvalue weighted by atomic mass is 32.2. The first-order valence-electron chi connectivity index (χ1n) is 9.13. The van der Waals surface area contributed by atoms with Crippen LogP contribution in [0.2, 0.25) is 0 Å². The van der Waals surface area contributed by atoms with E-state index in [1.807, 2.05) is 45.0 Å². The molecule has 0 saturated carbocycles. The molecule has 0 spiro atoms. The molecular formula is C22H23NO4S. The highest BCUT2D eigenvalue weighted by Gasteiger charge is 2.41. The van der Waals surface area contributed by atoms with Gasteiger partial charge in [0.25, 0.3) is 11.8 Å². The molecule has 3 rings (SSSR count). The van der Waals surface area contributed by atoms with E-state index in [4.69, 9.17) is 9.47 Å². The average molecular weight is 397 g/mol. The van der Waals surface area contributed by atoms with Crippen molar-refractivity contribution in [2.75, 3.05) is 17.8 Å². The average Bonchev–Trinajstić information content (AvgIpc) is 2.92. The highest BCUT2D eigenvalue weighted by molar-refractivity contribution is 8.04. The van der Waals surface area contributed by atoms with Crippen LogP contribution < -0.4 is 14.4 Å². The third-order valence-corrected chi connectivity index (χ3v) is 5.13. The van der Waals surface area contributed by atoms with Crippen LogP contribution in [0.15, 0.2) is 53.4 Å². The molecular weight excluding hydrogens is 374 g/mol. The van der Waals surface area contributed by atoms with E-state index in [1.165, 1.54) is 23.8 Å². The number of ether oxygens (including phenoxy) is 2. The first-order chi connectivity index (χ1) is 13.5. The molecule has 0 radical (unpaired) electrons. The van der Waals surface area contributed by atoms with Crippen LogP contribution in [0.5, 0.6) is 11.5 Å². The number of rotatable bonds is 7. The summed E-state index contributed by atoms with van der Waals surface area (Å²) < 4.78 is 11.0. The van der Waals surface area contributed by atoms with Gasteiger partial charge in [-0.25, -0.2) is 4.90 Å². The molecule has 1 aliphatic heterocycles. The minimum atomic E-state index is -0.344. The predicted octanol–water partition coefficient (Wildman–Crippen LogP) is 4.52. The standard InChI is InChI=1S/C22H23NO4S/c1-5-28-20-19(15-10-12-16(13-11-15)27-14(2)3)21(24)23(22(20)25)17-8-6-7-9-18(17)26-4/h6-14H,5H2,1-4H3. The molecule has 0 saturated heterocycles. The lowest BCUT2D eigenvalue weighted by Gasteiger charge is -2.18. The Balaban J connectivity index is 2.03. The lowest BCUT2D eigenvalue weighted by molar-refractivity contribution is -0.119. The van der Waals surface area contributed by atoms with Gasteiger partial charge in [-0.15, -0.1) is 11.8 Å². The summed E-state index contributed by atoms with van der Waals surface area (Å²) in [6.07, 6.45) is 0.0620. The molecule has 0 fully saturated rings. The normalized spacial score (nSPS) is 14.2. The number of anilines is 1. The minimum absolute atomic E-state index is 0.0620. The SMILES string of the molecule is CCSC1=C(c2ccc(OC(C)C)cc2)C(=O)N(c2ccccc2OC)C1=O. The number of amides is 2. The van der Waals surface area contributed by atoms with Crippen molar-refractivity contribution in [3.63, 3.8) is 0 Å². The summed E-state index contributed by atoms with van der Waals surface area (Å²) in [5.41, 5.74) is 1.56. The Bertz CT molecular complexity index is 918. The summed E-state index contributed by atoms with van der Waals surface area (Å²) in [5, 5.41) is 0. The zero-order valence-electron chi connectivity index (χ0n) is 16.4. The summed E-state index contributed by atoms with van der Waals surface area (Å²) in [6.45, 7) is 5.87. The van der Waals surface area contributed by atoms with Crippen LogP contribution in [0.1, 0.15) is 26.3 Å². The van der Waals surface area contributed by atoms with Crippen LogP contribution in [0, 0.1) is 0 Å². The molecule has 0 N–H and O–H groups in total. The largest absolute Gasteiger partial charge is 0.495 e. The van der Waals surface area contributed by atoms with Gasteiger partial charge in [-0.05, 0) is 49.4 Å². The van der Waals surface area contributed by atoms with E-state index in [1.54, 1.807) is 24.3 Å². The number of para-hydroxylation sites is 2. The lowest BCUT2D eigenvalue weighted by Crippen LogP contribution is -2.31. The fraction of sp³-hybridized carbons (Fsp3) is 0.273. The smallest absolute Gasteiger partial charge is 0.272 e. The first kappa shape index (κ1) is 20.0. The number of hydrogen-bond acceptors (Lipinski definition) is 5. The van der Waals surface area contributed by atoms with Crippen molar-refractivity contribution in [3.05, 3.63) is 59.0 Å². The van der Waals surface area contributed by atoms with Crippen LogP contribution in [0.4, 0.5) is 5.69 Å². The van der Waals surface area contributed by atoms with Gasteiger partial charge in [0.05, 0.1) is 29.4 Å². The second-order valence-corrected chi connectivity index (χ2v) is 7.72. The summed E-state index contributed by atoms with van der Waals surface area (Å²) in [5.74, 6) is 1.22. The second kappa shape index (κ2) is 8.52. The Morgan fingerprint density at radius 3 is 2.29 bits per heavy atom. The Morgan fingerprint density at radius 2 is 1.68 bits per heavy atom. The zero-order chi connectivity index (χ0) is 20.3. The zero-order valence-corrected chi connectivity index (χ0v) is 17.2. The monoisotopic (exact) mass is 397 g/mol. The quantitative estimate of drug-likeness (QED) is 0.643. The van der Waals surface area contributed by atoms with E-state index < -0.39 is 0 Å². The van der Waals surface area contributed by atoms with Crippen molar-refractivity contribution in [2.24, 2.45) is 0 Å². The van der Waals surface area contributed by atoms with Gasteiger partial charge in [0.2, 0.25) is 0 Å². The second-order valence-electron chi connectivity index (χ2n) is 6.45. The fourth-order valence-electron chi connectivity index (χ4n) is 3.05. The predicted molar refractivity (Wildman–Crippen MR) is 113 cm³/mol. The van der Waals surface area contributed by atoms with Gasteiger partial charge in [-0.3, -0.25) is 9.59 Å². The summed E-state index contributed by atoms with van der Waals surface area (Å²) in [4.78, 5) is 28.1. The number of carbonyl (C=O) groups is 2. The number of benzene rings is 2. The molecule has 2 amide bonds. The third kappa shape index (κ3) is 3.78. The van der Waals surface area contributed by atoms with Gasteiger partial charge in [-0.2, -0.15) is 0 Å². The summed E-state index contributed by atoms with van der Waals surface area (Å²) in [6, 6.07) is 14.3. The van der Waals surface area contributed by atoms with Gasteiger partial charge in [0.1, 0.15) is 11.5 Å². The Hall–Kier alpha value is -2.73. The van der Waals surface area contributed by atoms with Gasteiger partial charge in [-0.1, -0.05) is 31.2 Å². The molecule has 2 aromatic rings. The van der Waals surface area contributed by atoms with Crippen LogP contribution >= 0.6 is 11.8 Å². The molecule has 0 unspecified atom stereocenters. The van der Waals surface area contributed by atoms with Crippen molar-refractivity contribution in [2.45, 2.75) is 26.9 Å². The van der Waals surface area contributed by atoms with E-state index in [2.05, 4.69) is 0 Å². The summed E-state index contributed by atoms with van der Waals surface area (Å²) >= 11 is 1.38. The number of thioether (sulfide) groups is 1. The third-order valence-electron chi connectivity index (χ3n) is 4.17. The molecule has 1 aliphatic rings. The van der Waals surface area contributed by atoms with Crippen molar-refractivity contribution in [3.8, 4) is 11.5 Å². The van der Waals surface area contributed by atoms with E-state index in [0.29, 0.717) is 33.2 Å². The van der Waals surface area contributed by atoms with Gasteiger partial charge >= 0.3 is 0 Å². The minimum Gasteiger partial charge on any atom is -0.495 e. The number of hydrogen-bond donors (Lipinski definition) is 0. The summed E-state index contributed by atoms with van der Waals surface area (Å²) in [7, 11) is 1.52. The lowest BCUT2D eigenvalue weighted by atomic mass is 10.1. The Morgan fingerprint density at radius 1 is 1.00 bits per heavy atom. The number of carbonyl (C=O) groups excluding carboxylic acids is 2. The number of nitrogens with zero attached hydrogens (tertiary/aromatic N) is 1. The van der Waals surface area contributed by atoms with E-state index in [0.717, 1.165) is 5.75 Å². The molecule has 2 aromatic carbocycles. The van der Waals surface area contributed by atoms with Crippen LogP contribution in [0.3, 0.4) is 0 Å². The molecule has 1 heterocycles. The molecule has 28 heavy (non-hydrogen) atoms.